The number of ether oxygens (including phenoxy) is 1. The molecule has 5 heteroatoms. The van der Waals surface area contributed by atoms with Gasteiger partial charge in [0.25, 0.3) is 5.91 Å². The number of benzene rings is 3. The quantitative estimate of drug-likeness (QED) is 0.443. The molecule has 0 aromatic heterocycles. The zero-order valence-electron chi connectivity index (χ0n) is 17.2. The first-order valence-electron chi connectivity index (χ1n) is 10.9. The van der Waals surface area contributed by atoms with Crippen molar-refractivity contribution in [1.82, 2.24) is 0 Å². The minimum absolute atomic E-state index is 0.0151. The minimum atomic E-state index is -0.259. The number of hydrogen-bond donors (Lipinski definition) is 1. The highest BCUT2D eigenvalue weighted by atomic mass is 32.2. The van der Waals surface area contributed by atoms with Crippen LogP contribution in [0.25, 0.3) is 0 Å². The van der Waals surface area contributed by atoms with E-state index in [1.165, 1.54) is 35.3 Å². The van der Waals surface area contributed by atoms with Gasteiger partial charge >= 0.3 is 0 Å². The highest BCUT2D eigenvalue weighted by Gasteiger charge is 2.49. The summed E-state index contributed by atoms with van der Waals surface area (Å²) in [6.45, 7) is 0. The van der Waals surface area contributed by atoms with Crippen LogP contribution < -0.4 is 10.2 Å². The van der Waals surface area contributed by atoms with Crippen molar-refractivity contribution in [2.75, 3.05) is 10.2 Å². The van der Waals surface area contributed by atoms with Gasteiger partial charge in [-0.15, -0.1) is 11.8 Å². The maximum atomic E-state index is 13.4. The molecule has 3 aromatic rings. The number of fused-ring (bicyclic) bond motifs is 3. The molecule has 1 amide bonds. The molecule has 3 aliphatic rings. The highest BCUT2D eigenvalue weighted by molar-refractivity contribution is 8.00. The summed E-state index contributed by atoms with van der Waals surface area (Å²) in [5.74, 6) is -0.0151. The lowest BCUT2D eigenvalue weighted by molar-refractivity contribution is 0.0976. The average Bonchev–Trinajstić information content (AvgIpc) is 3.57. The van der Waals surface area contributed by atoms with Crippen LogP contribution in [0.3, 0.4) is 0 Å². The molecule has 6 rings (SSSR count). The van der Waals surface area contributed by atoms with Crippen molar-refractivity contribution >= 4 is 29.0 Å². The first-order valence-corrected chi connectivity index (χ1v) is 11.8. The molecule has 3 atom stereocenters. The maximum absolute atomic E-state index is 13.4. The summed E-state index contributed by atoms with van der Waals surface area (Å²) in [5, 5.41) is 3.88. The minimum Gasteiger partial charge on any atom is -0.356 e. The number of aryl methyl sites for hydroxylation is 1. The molecule has 4 nitrogen and oxygen atoms in total. The Bertz CT molecular complexity index is 1150. The van der Waals surface area contributed by atoms with Gasteiger partial charge in [-0.05, 0) is 67.1 Å². The molecule has 0 radical (unpaired) electrons. The van der Waals surface area contributed by atoms with Crippen molar-refractivity contribution < 1.29 is 9.53 Å². The second-order valence-corrected chi connectivity index (χ2v) is 9.79. The monoisotopic (exact) mass is 428 g/mol. The van der Waals surface area contributed by atoms with Crippen LogP contribution in [-0.4, -0.2) is 23.6 Å². The van der Waals surface area contributed by atoms with E-state index in [1.807, 2.05) is 42.1 Å². The fourth-order valence-electron chi connectivity index (χ4n) is 4.73. The first-order chi connectivity index (χ1) is 15.3. The SMILES string of the molecule is O=C1c2ccccc2NC2OC2N1c1cccc(SC2CCCc3ccccc3C2)c1. The Morgan fingerprint density at radius 1 is 0.968 bits per heavy atom. The van der Waals surface area contributed by atoms with Crippen LogP contribution in [0.4, 0.5) is 11.4 Å². The lowest BCUT2D eigenvalue weighted by Crippen LogP contribution is -2.34. The topological polar surface area (TPSA) is 44.9 Å². The molecule has 1 aliphatic carbocycles. The molecule has 1 saturated heterocycles. The number of thioether (sulfide) groups is 1. The molecule has 3 aromatic carbocycles. The fourth-order valence-corrected chi connectivity index (χ4v) is 6.01. The lowest BCUT2D eigenvalue weighted by Gasteiger charge is -2.21. The van der Waals surface area contributed by atoms with E-state index in [4.69, 9.17) is 4.74 Å². The number of hydrogen-bond acceptors (Lipinski definition) is 4. The molecule has 156 valence electrons. The Morgan fingerprint density at radius 2 is 1.81 bits per heavy atom. The normalized spacial score (nSPS) is 24.2. The van der Waals surface area contributed by atoms with E-state index in [9.17, 15) is 4.79 Å². The lowest BCUT2D eigenvalue weighted by atomic mass is 10.0. The Hall–Kier alpha value is -2.76. The smallest absolute Gasteiger partial charge is 0.262 e. The first kappa shape index (κ1) is 19.0. The van der Waals surface area contributed by atoms with E-state index in [0.29, 0.717) is 10.8 Å². The fraction of sp³-hybridized carbons (Fsp3) is 0.269. The third kappa shape index (κ3) is 3.62. The largest absolute Gasteiger partial charge is 0.356 e. The van der Waals surface area contributed by atoms with Gasteiger partial charge in [0.2, 0.25) is 0 Å². The van der Waals surface area contributed by atoms with E-state index >= 15 is 0 Å². The summed E-state index contributed by atoms with van der Waals surface area (Å²) in [5.41, 5.74) is 5.41. The predicted octanol–water partition coefficient (Wildman–Crippen LogP) is 5.48. The van der Waals surface area contributed by atoms with Crippen LogP contribution in [0.1, 0.15) is 34.3 Å². The molecule has 31 heavy (non-hydrogen) atoms. The summed E-state index contributed by atoms with van der Waals surface area (Å²) in [4.78, 5) is 16.4. The van der Waals surface area contributed by atoms with E-state index in [2.05, 4.69) is 47.8 Å². The summed E-state index contributed by atoms with van der Waals surface area (Å²) >= 11 is 1.93. The summed E-state index contributed by atoms with van der Waals surface area (Å²) < 4.78 is 5.78. The van der Waals surface area contributed by atoms with Crippen molar-refractivity contribution in [3.8, 4) is 0 Å². The van der Waals surface area contributed by atoms with Crippen LogP contribution in [0.5, 0.6) is 0 Å². The van der Waals surface area contributed by atoms with Crippen LogP contribution in [0.15, 0.2) is 77.7 Å². The maximum Gasteiger partial charge on any atom is 0.262 e. The molecule has 0 spiro atoms. The zero-order chi connectivity index (χ0) is 20.8. The summed E-state index contributed by atoms with van der Waals surface area (Å²) in [7, 11) is 0. The number of amides is 1. The van der Waals surface area contributed by atoms with Crippen molar-refractivity contribution in [3.05, 3.63) is 89.5 Å². The number of nitrogens with zero attached hydrogens (tertiary/aromatic N) is 1. The zero-order valence-corrected chi connectivity index (χ0v) is 18.0. The highest BCUT2D eigenvalue weighted by Crippen LogP contribution is 2.40. The number of epoxide rings is 1. The number of carbonyl (C=O) groups is 1. The number of carbonyl (C=O) groups excluding carboxylic acids is 1. The molecule has 0 saturated carbocycles. The van der Waals surface area contributed by atoms with Gasteiger partial charge in [0.1, 0.15) is 0 Å². The summed E-state index contributed by atoms with van der Waals surface area (Å²) in [6.07, 6.45) is 4.28. The van der Waals surface area contributed by atoms with Crippen molar-refractivity contribution in [2.45, 2.75) is 48.3 Å². The number of rotatable bonds is 3. The van der Waals surface area contributed by atoms with Gasteiger partial charge < -0.3 is 10.1 Å². The number of para-hydroxylation sites is 1. The van der Waals surface area contributed by atoms with Crippen LogP contribution in [0.2, 0.25) is 0 Å². The van der Waals surface area contributed by atoms with Gasteiger partial charge in [0.15, 0.2) is 12.5 Å². The Balaban J connectivity index is 1.26. The second kappa shape index (κ2) is 7.74. The molecular weight excluding hydrogens is 404 g/mol. The Kier molecular flexibility index (Phi) is 4.73. The standard InChI is InChI=1S/C26H24N2O2S/c29-25-22-13-3-4-14-23(22)27-24-26(30-24)28(25)19-10-6-12-21(16-19)31-20-11-5-9-17-7-1-2-8-18(17)15-20/h1-4,6-8,10,12-14,16,20,24,26-27H,5,9,11,15H2. The van der Waals surface area contributed by atoms with Gasteiger partial charge in [-0.1, -0.05) is 42.5 Å². The van der Waals surface area contributed by atoms with Gasteiger partial charge in [-0.3, -0.25) is 9.69 Å². The van der Waals surface area contributed by atoms with Gasteiger partial charge in [0, 0.05) is 21.5 Å². The molecular formula is C26H24N2O2S. The van der Waals surface area contributed by atoms with Crippen molar-refractivity contribution in [1.29, 1.82) is 0 Å². The van der Waals surface area contributed by atoms with E-state index in [0.717, 1.165) is 17.8 Å². The van der Waals surface area contributed by atoms with Crippen LogP contribution >= 0.6 is 11.8 Å². The van der Waals surface area contributed by atoms with E-state index in [1.54, 1.807) is 4.90 Å². The molecule has 3 unspecified atom stereocenters. The number of anilines is 2. The third-order valence-corrected chi connectivity index (χ3v) is 7.60. The molecule has 0 bridgehead atoms. The van der Waals surface area contributed by atoms with Gasteiger partial charge in [0.05, 0.1) is 5.56 Å². The molecule has 2 aliphatic heterocycles. The van der Waals surface area contributed by atoms with E-state index in [-0.39, 0.29) is 18.4 Å². The van der Waals surface area contributed by atoms with Crippen molar-refractivity contribution in [2.24, 2.45) is 0 Å². The number of nitrogens with one attached hydrogen (secondary N) is 1. The average molecular weight is 429 g/mol. The molecule has 1 N–H and O–H groups in total. The van der Waals surface area contributed by atoms with Gasteiger partial charge in [-0.2, -0.15) is 0 Å². The Morgan fingerprint density at radius 3 is 2.74 bits per heavy atom. The van der Waals surface area contributed by atoms with Gasteiger partial charge in [-0.25, -0.2) is 0 Å². The predicted molar refractivity (Wildman–Crippen MR) is 125 cm³/mol. The van der Waals surface area contributed by atoms with Crippen LogP contribution in [0, 0.1) is 0 Å². The molecule has 2 heterocycles. The second-order valence-electron chi connectivity index (χ2n) is 8.41. The van der Waals surface area contributed by atoms with Crippen LogP contribution in [-0.2, 0) is 17.6 Å². The Labute approximate surface area is 186 Å². The van der Waals surface area contributed by atoms with Crippen molar-refractivity contribution in [3.63, 3.8) is 0 Å². The molecule has 1 fully saturated rings. The summed E-state index contributed by atoms with van der Waals surface area (Å²) in [6, 6.07) is 24.9. The van der Waals surface area contributed by atoms with E-state index < -0.39 is 0 Å². The third-order valence-electron chi connectivity index (χ3n) is 6.33.